The highest BCUT2D eigenvalue weighted by molar-refractivity contribution is 8.06. The fraction of sp³-hybridized carbons (Fsp3) is 0.130. The van der Waals surface area contributed by atoms with Crippen LogP contribution in [0.4, 0.5) is 5.69 Å². The van der Waals surface area contributed by atoms with Crippen LogP contribution in [-0.4, -0.2) is 28.7 Å². The number of nitro benzene ring substituents is 1. The number of nitrogens with one attached hydrogen (secondary N) is 1. The van der Waals surface area contributed by atoms with Crippen molar-refractivity contribution in [3.05, 3.63) is 105 Å². The Bertz CT molecular complexity index is 1340. The third-order valence-electron chi connectivity index (χ3n) is 5.16. The van der Waals surface area contributed by atoms with Gasteiger partial charge < -0.3 is 0 Å². The molecule has 8 nitrogen and oxygen atoms in total. The van der Waals surface area contributed by atoms with Gasteiger partial charge >= 0.3 is 0 Å². The lowest BCUT2D eigenvalue weighted by atomic mass is 9.90. The van der Waals surface area contributed by atoms with E-state index in [4.69, 9.17) is 0 Å². The standard InChI is InChI=1S/C23H19N3O5S/c27-23(32(30,31)19-12-10-18(11-13-19)26(28)29)22-15-21(24-25-22)20-9-5-4-8-17(20)14-16-6-2-1-3-7-16/h1-3,6-13,15H,4-5,14H2,(H,24,25). The second-order valence-electron chi connectivity index (χ2n) is 7.30. The van der Waals surface area contributed by atoms with Crippen LogP contribution in [0.25, 0.3) is 5.57 Å². The zero-order valence-electron chi connectivity index (χ0n) is 16.9. The first-order chi connectivity index (χ1) is 15.4. The Kier molecular flexibility index (Phi) is 5.83. The molecule has 0 spiro atoms. The van der Waals surface area contributed by atoms with E-state index in [0.717, 1.165) is 53.8 Å². The number of hydrogen-bond acceptors (Lipinski definition) is 6. The van der Waals surface area contributed by atoms with E-state index in [0.29, 0.717) is 12.1 Å². The van der Waals surface area contributed by atoms with Gasteiger partial charge in [-0.15, -0.1) is 0 Å². The SMILES string of the molecule is O=C(c1cc(C2=CCCC=C2Cc2ccccc2)n[nH]1)S(=O)(=O)c1ccc([N+](=O)[O-])cc1. The molecule has 2 aromatic carbocycles. The maximum Gasteiger partial charge on any atom is 0.299 e. The van der Waals surface area contributed by atoms with Gasteiger partial charge in [0.25, 0.3) is 10.8 Å². The van der Waals surface area contributed by atoms with Crippen molar-refractivity contribution < 1.29 is 18.1 Å². The Morgan fingerprint density at radius 2 is 1.72 bits per heavy atom. The number of nitrogens with zero attached hydrogens (tertiary/aromatic N) is 2. The third-order valence-corrected chi connectivity index (χ3v) is 6.77. The Morgan fingerprint density at radius 3 is 2.41 bits per heavy atom. The summed E-state index contributed by atoms with van der Waals surface area (Å²) in [5.41, 5.74) is 3.13. The van der Waals surface area contributed by atoms with Crippen molar-refractivity contribution in [1.82, 2.24) is 10.2 Å². The summed E-state index contributed by atoms with van der Waals surface area (Å²) in [5.74, 6) is 0. The molecule has 32 heavy (non-hydrogen) atoms. The van der Waals surface area contributed by atoms with Crippen LogP contribution in [-0.2, 0) is 16.3 Å². The number of carbonyl (C=O) groups excluding carboxylic acids is 1. The van der Waals surface area contributed by atoms with Crippen LogP contribution in [0.15, 0.2) is 83.3 Å². The molecule has 162 valence electrons. The normalized spacial score (nSPS) is 13.9. The molecule has 1 aliphatic carbocycles. The molecular formula is C23H19N3O5S. The summed E-state index contributed by atoms with van der Waals surface area (Å²) < 4.78 is 25.4. The molecule has 0 unspecified atom stereocenters. The summed E-state index contributed by atoms with van der Waals surface area (Å²) >= 11 is 0. The Hall–Kier alpha value is -3.85. The van der Waals surface area contributed by atoms with Crippen molar-refractivity contribution in [1.29, 1.82) is 0 Å². The molecule has 0 saturated heterocycles. The topological polar surface area (TPSA) is 123 Å². The number of carbonyl (C=O) groups is 1. The number of aromatic amines is 1. The van der Waals surface area contributed by atoms with E-state index in [-0.39, 0.29) is 16.3 Å². The minimum Gasteiger partial charge on any atom is -0.274 e. The summed E-state index contributed by atoms with van der Waals surface area (Å²) in [6.07, 6.45) is 6.59. The fourth-order valence-corrected chi connectivity index (χ4v) is 4.64. The van der Waals surface area contributed by atoms with Gasteiger partial charge in [-0.2, -0.15) is 5.10 Å². The van der Waals surface area contributed by atoms with Gasteiger partial charge in [0.15, 0.2) is 0 Å². The fourth-order valence-electron chi connectivity index (χ4n) is 3.54. The van der Waals surface area contributed by atoms with E-state index in [9.17, 15) is 23.3 Å². The lowest BCUT2D eigenvalue weighted by Gasteiger charge is -2.15. The smallest absolute Gasteiger partial charge is 0.274 e. The van der Waals surface area contributed by atoms with Crippen LogP contribution in [0.3, 0.4) is 0 Å². The van der Waals surface area contributed by atoms with Crippen molar-refractivity contribution in [3.63, 3.8) is 0 Å². The van der Waals surface area contributed by atoms with E-state index in [2.05, 4.69) is 16.3 Å². The van der Waals surface area contributed by atoms with Gasteiger partial charge in [-0.25, -0.2) is 8.42 Å². The molecule has 0 aliphatic heterocycles. The van der Waals surface area contributed by atoms with Crippen molar-refractivity contribution in [2.24, 2.45) is 0 Å². The molecule has 9 heteroatoms. The predicted molar refractivity (Wildman–Crippen MR) is 119 cm³/mol. The van der Waals surface area contributed by atoms with E-state index >= 15 is 0 Å². The van der Waals surface area contributed by atoms with Crippen LogP contribution < -0.4 is 0 Å². The number of sulfone groups is 1. The average molecular weight is 449 g/mol. The van der Waals surface area contributed by atoms with Gasteiger partial charge in [-0.05, 0) is 48.6 Å². The van der Waals surface area contributed by atoms with Crippen LogP contribution in [0, 0.1) is 10.1 Å². The van der Waals surface area contributed by atoms with Crippen LogP contribution in [0.1, 0.15) is 34.6 Å². The van der Waals surface area contributed by atoms with Gasteiger partial charge in [0, 0.05) is 17.7 Å². The van der Waals surface area contributed by atoms with E-state index in [1.807, 2.05) is 36.4 Å². The summed E-state index contributed by atoms with van der Waals surface area (Å²) in [6, 6.07) is 15.6. The molecule has 0 fully saturated rings. The number of benzene rings is 2. The molecule has 1 heterocycles. The average Bonchev–Trinajstić information content (AvgIpc) is 3.29. The first kappa shape index (κ1) is 21.4. The highest BCUT2D eigenvalue weighted by Gasteiger charge is 2.29. The summed E-state index contributed by atoms with van der Waals surface area (Å²) in [6.45, 7) is 0. The van der Waals surface area contributed by atoms with E-state index in [1.54, 1.807) is 0 Å². The molecule has 3 aromatic rings. The first-order valence-corrected chi connectivity index (χ1v) is 11.4. The summed E-state index contributed by atoms with van der Waals surface area (Å²) in [4.78, 5) is 22.6. The summed E-state index contributed by atoms with van der Waals surface area (Å²) in [5, 5.41) is 16.4. The van der Waals surface area contributed by atoms with Gasteiger partial charge in [-0.3, -0.25) is 20.0 Å². The highest BCUT2D eigenvalue weighted by atomic mass is 32.2. The first-order valence-electron chi connectivity index (χ1n) is 9.89. The molecular weight excluding hydrogens is 430 g/mol. The molecule has 0 bridgehead atoms. The third kappa shape index (κ3) is 4.28. The number of nitro groups is 1. The second-order valence-corrected chi connectivity index (χ2v) is 9.14. The lowest BCUT2D eigenvalue weighted by Crippen LogP contribution is -2.15. The van der Waals surface area contributed by atoms with Gasteiger partial charge in [0.05, 0.1) is 15.5 Å². The number of aromatic nitrogens is 2. The van der Waals surface area contributed by atoms with Crippen molar-refractivity contribution >= 4 is 26.2 Å². The minimum atomic E-state index is -4.38. The Morgan fingerprint density at radius 1 is 1.03 bits per heavy atom. The molecule has 1 aromatic heterocycles. The maximum atomic E-state index is 12.7. The van der Waals surface area contributed by atoms with Crippen LogP contribution in [0.5, 0.6) is 0 Å². The monoisotopic (exact) mass is 449 g/mol. The zero-order chi connectivity index (χ0) is 22.7. The summed E-state index contributed by atoms with van der Waals surface area (Å²) in [7, 11) is -4.38. The van der Waals surface area contributed by atoms with E-state index in [1.165, 1.54) is 6.07 Å². The molecule has 1 aliphatic rings. The quantitative estimate of drug-likeness (QED) is 0.443. The van der Waals surface area contributed by atoms with Crippen molar-refractivity contribution in [3.8, 4) is 0 Å². The van der Waals surface area contributed by atoms with Crippen molar-refractivity contribution in [2.45, 2.75) is 24.2 Å². The predicted octanol–water partition coefficient (Wildman–Crippen LogP) is 4.28. The maximum absolute atomic E-state index is 12.7. The highest BCUT2D eigenvalue weighted by Crippen LogP contribution is 2.30. The number of hydrogen-bond donors (Lipinski definition) is 1. The van der Waals surface area contributed by atoms with E-state index < -0.39 is 19.9 Å². The lowest BCUT2D eigenvalue weighted by molar-refractivity contribution is -0.384. The molecule has 4 rings (SSSR count). The van der Waals surface area contributed by atoms with Crippen LogP contribution >= 0.6 is 0 Å². The van der Waals surface area contributed by atoms with Gasteiger partial charge in [-0.1, -0.05) is 42.5 Å². The second kappa shape index (κ2) is 8.72. The number of rotatable bonds is 6. The van der Waals surface area contributed by atoms with Gasteiger partial charge in [0.1, 0.15) is 5.69 Å². The molecule has 0 amide bonds. The Labute approximate surface area is 184 Å². The zero-order valence-corrected chi connectivity index (χ0v) is 17.7. The number of non-ortho nitro benzene ring substituents is 1. The molecule has 0 saturated carbocycles. The number of allylic oxidation sites excluding steroid dienone is 4. The largest absolute Gasteiger partial charge is 0.299 e. The number of H-pyrrole nitrogens is 1. The molecule has 0 radical (unpaired) electrons. The minimum absolute atomic E-state index is 0.163. The molecule has 1 N–H and O–H groups in total. The molecule has 0 atom stereocenters. The van der Waals surface area contributed by atoms with Crippen molar-refractivity contribution in [2.75, 3.05) is 0 Å². The van der Waals surface area contributed by atoms with Gasteiger partial charge in [0.2, 0.25) is 9.84 Å². The Balaban J connectivity index is 1.58. The van der Waals surface area contributed by atoms with Crippen LogP contribution in [0.2, 0.25) is 0 Å².